The summed E-state index contributed by atoms with van der Waals surface area (Å²) >= 11 is 0. The van der Waals surface area contributed by atoms with Crippen LogP contribution in [0.2, 0.25) is 0 Å². The molecule has 0 spiro atoms. The Balaban J connectivity index is 1.40. The molecule has 0 saturated heterocycles. The molecule has 7 nitrogen and oxygen atoms in total. The molecule has 0 atom stereocenters. The van der Waals surface area contributed by atoms with Crippen molar-refractivity contribution in [3.05, 3.63) is 42.0 Å². The van der Waals surface area contributed by atoms with Crippen molar-refractivity contribution < 1.29 is 18.9 Å². The van der Waals surface area contributed by atoms with Gasteiger partial charge in [-0.25, -0.2) is 0 Å². The van der Waals surface area contributed by atoms with Crippen LogP contribution in [-0.2, 0) is 6.42 Å². The van der Waals surface area contributed by atoms with Crippen LogP contribution in [-0.4, -0.2) is 39.1 Å². The van der Waals surface area contributed by atoms with Gasteiger partial charge in [0.2, 0.25) is 6.79 Å². The zero-order chi connectivity index (χ0) is 19.2. The Bertz CT molecular complexity index is 854. The van der Waals surface area contributed by atoms with Gasteiger partial charge in [-0.1, -0.05) is 6.07 Å². The van der Waals surface area contributed by atoms with E-state index in [1.807, 2.05) is 43.3 Å². The first-order valence-electron chi connectivity index (χ1n) is 9.65. The lowest BCUT2D eigenvalue weighted by molar-refractivity contribution is 0.174. The summed E-state index contributed by atoms with van der Waals surface area (Å²) in [5.74, 6) is 3.89. The van der Waals surface area contributed by atoms with E-state index in [0.29, 0.717) is 26.6 Å². The molecule has 2 N–H and O–H groups in total. The summed E-state index contributed by atoms with van der Waals surface area (Å²) in [6.45, 7) is 5.12. The number of rotatable bonds is 5. The molecule has 0 unspecified atom stereocenters. The second kappa shape index (κ2) is 8.73. The number of aliphatic imine (C=N–C) groups is 1. The van der Waals surface area contributed by atoms with Gasteiger partial charge < -0.3 is 29.6 Å². The first-order valence-corrected chi connectivity index (χ1v) is 9.65. The monoisotopic (exact) mass is 383 g/mol. The zero-order valence-electron chi connectivity index (χ0n) is 16.0. The quantitative estimate of drug-likeness (QED) is 0.610. The normalized spacial score (nSPS) is 15.1. The van der Waals surface area contributed by atoms with Crippen molar-refractivity contribution in [1.82, 2.24) is 5.32 Å². The molecule has 4 rings (SSSR count). The maximum absolute atomic E-state index is 5.76. The molecule has 2 heterocycles. The van der Waals surface area contributed by atoms with Crippen LogP contribution in [0, 0.1) is 0 Å². The minimum atomic E-state index is 0.293. The van der Waals surface area contributed by atoms with Crippen LogP contribution in [0.3, 0.4) is 0 Å². The third-order valence-corrected chi connectivity index (χ3v) is 4.46. The van der Waals surface area contributed by atoms with Crippen LogP contribution in [0.25, 0.3) is 0 Å². The third kappa shape index (κ3) is 4.42. The molecule has 2 aromatic rings. The lowest BCUT2D eigenvalue weighted by Gasteiger charge is -2.13. The van der Waals surface area contributed by atoms with E-state index in [4.69, 9.17) is 18.9 Å². The molecule has 0 aliphatic carbocycles. The fraction of sp³-hybridized carbons (Fsp3) is 0.381. The number of benzene rings is 2. The summed E-state index contributed by atoms with van der Waals surface area (Å²) in [5.41, 5.74) is 2.08. The summed E-state index contributed by atoms with van der Waals surface area (Å²) in [6, 6.07) is 11.9. The SMILES string of the molecule is CCNC(=NCCc1ccc2c(c1)OCO2)Nc1ccc2c(c1)OCCCO2. The van der Waals surface area contributed by atoms with Gasteiger partial charge in [0.15, 0.2) is 29.0 Å². The van der Waals surface area contributed by atoms with E-state index in [2.05, 4.69) is 15.6 Å². The number of nitrogens with zero attached hydrogens (tertiary/aromatic N) is 1. The van der Waals surface area contributed by atoms with Crippen molar-refractivity contribution in [3.8, 4) is 23.0 Å². The Labute approximate surface area is 164 Å². The average Bonchev–Trinajstić information content (AvgIpc) is 3.04. The molecule has 2 aromatic carbocycles. The van der Waals surface area contributed by atoms with Crippen molar-refractivity contribution in [2.24, 2.45) is 4.99 Å². The Hall–Kier alpha value is -3.09. The van der Waals surface area contributed by atoms with Crippen molar-refractivity contribution in [1.29, 1.82) is 0 Å². The predicted molar refractivity (Wildman–Crippen MR) is 108 cm³/mol. The summed E-state index contributed by atoms with van der Waals surface area (Å²) in [4.78, 5) is 4.68. The van der Waals surface area contributed by atoms with Gasteiger partial charge in [-0.15, -0.1) is 0 Å². The molecule has 0 fully saturated rings. The summed E-state index contributed by atoms with van der Waals surface area (Å²) in [5, 5.41) is 6.61. The van der Waals surface area contributed by atoms with E-state index < -0.39 is 0 Å². The van der Waals surface area contributed by atoms with Gasteiger partial charge in [-0.05, 0) is 43.2 Å². The molecule has 0 radical (unpaired) electrons. The topological polar surface area (TPSA) is 73.3 Å². The molecule has 0 aromatic heterocycles. The molecule has 148 valence electrons. The molecule has 2 aliphatic heterocycles. The van der Waals surface area contributed by atoms with Crippen LogP contribution >= 0.6 is 0 Å². The van der Waals surface area contributed by atoms with Gasteiger partial charge in [0.05, 0.1) is 13.2 Å². The van der Waals surface area contributed by atoms with E-state index in [-0.39, 0.29) is 0 Å². The zero-order valence-corrected chi connectivity index (χ0v) is 16.0. The van der Waals surface area contributed by atoms with E-state index in [0.717, 1.165) is 54.0 Å². The molecule has 0 saturated carbocycles. The standard InChI is InChI=1S/C21H25N3O4/c1-2-22-21(23-9-8-15-4-6-18-19(12-15)28-14-27-18)24-16-5-7-17-20(13-16)26-11-3-10-25-17/h4-7,12-13H,2-3,8-11,14H2,1H3,(H2,22,23,24). The van der Waals surface area contributed by atoms with Crippen molar-refractivity contribution >= 4 is 11.6 Å². The first kappa shape index (κ1) is 18.3. The second-order valence-corrected chi connectivity index (χ2v) is 6.54. The molecule has 28 heavy (non-hydrogen) atoms. The summed E-state index contributed by atoms with van der Waals surface area (Å²) in [7, 11) is 0. The van der Waals surface area contributed by atoms with Crippen LogP contribution < -0.4 is 29.6 Å². The van der Waals surface area contributed by atoms with Crippen molar-refractivity contribution in [2.45, 2.75) is 19.8 Å². The Kier molecular flexibility index (Phi) is 5.70. The Morgan fingerprint density at radius 1 is 0.929 bits per heavy atom. The largest absolute Gasteiger partial charge is 0.490 e. The molecule has 0 amide bonds. The third-order valence-electron chi connectivity index (χ3n) is 4.46. The summed E-state index contributed by atoms with van der Waals surface area (Å²) in [6.07, 6.45) is 1.70. The smallest absolute Gasteiger partial charge is 0.231 e. The van der Waals surface area contributed by atoms with Gasteiger partial charge in [0.1, 0.15) is 0 Å². The van der Waals surface area contributed by atoms with Gasteiger partial charge >= 0.3 is 0 Å². The van der Waals surface area contributed by atoms with Crippen LogP contribution in [0.5, 0.6) is 23.0 Å². The Morgan fingerprint density at radius 3 is 2.57 bits per heavy atom. The van der Waals surface area contributed by atoms with Gasteiger partial charge in [0.25, 0.3) is 0 Å². The van der Waals surface area contributed by atoms with Crippen molar-refractivity contribution in [3.63, 3.8) is 0 Å². The van der Waals surface area contributed by atoms with E-state index in [1.54, 1.807) is 0 Å². The van der Waals surface area contributed by atoms with Crippen LogP contribution in [0.1, 0.15) is 18.9 Å². The summed E-state index contributed by atoms with van der Waals surface area (Å²) < 4.78 is 22.2. The number of nitrogens with one attached hydrogen (secondary N) is 2. The molecular weight excluding hydrogens is 358 g/mol. The molecule has 2 aliphatic rings. The lowest BCUT2D eigenvalue weighted by atomic mass is 10.1. The number of ether oxygens (including phenoxy) is 4. The van der Waals surface area contributed by atoms with E-state index in [1.165, 1.54) is 5.56 Å². The molecular formula is C21H25N3O4. The fourth-order valence-corrected chi connectivity index (χ4v) is 3.08. The number of guanidine groups is 1. The second-order valence-electron chi connectivity index (χ2n) is 6.54. The fourth-order valence-electron chi connectivity index (χ4n) is 3.08. The van der Waals surface area contributed by atoms with Crippen molar-refractivity contribution in [2.75, 3.05) is 38.4 Å². The first-order chi connectivity index (χ1) is 13.8. The van der Waals surface area contributed by atoms with Crippen LogP contribution in [0.4, 0.5) is 5.69 Å². The van der Waals surface area contributed by atoms with E-state index in [9.17, 15) is 0 Å². The number of hydrogen-bond acceptors (Lipinski definition) is 5. The average molecular weight is 383 g/mol. The minimum absolute atomic E-state index is 0.293. The number of anilines is 1. The minimum Gasteiger partial charge on any atom is -0.490 e. The highest BCUT2D eigenvalue weighted by molar-refractivity contribution is 5.93. The highest BCUT2D eigenvalue weighted by Gasteiger charge is 2.13. The maximum Gasteiger partial charge on any atom is 0.231 e. The van der Waals surface area contributed by atoms with Gasteiger partial charge in [-0.3, -0.25) is 4.99 Å². The predicted octanol–water partition coefficient (Wildman–Crippen LogP) is 3.20. The maximum atomic E-state index is 5.76. The lowest BCUT2D eigenvalue weighted by Crippen LogP contribution is -2.30. The van der Waals surface area contributed by atoms with Gasteiger partial charge in [-0.2, -0.15) is 0 Å². The highest BCUT2D eigenvalue weighted by Crippen LogP contribution is 2.33. The number of fused-ring (bicyclic) bond motifs is 2. The molecule has 7 heteroatoms. The van der Waals surface area contributed by atoms with Crippen LogP contribution in [0.15, 0.2) is 41.4 Å². The Morgan fingerprint density at radius 2 is 1.68 bits per heavy atom. The molecule has 0 bridgehead atoms. The number of hydrogen-bond donors (Lipinski definition) is 2. The van der Waals surface area contributed by atoms with E-state index >= 15 is 0 Å². The van der Waals surface area contributed by atoms with Gasteiger partial charge in [0, 0.05) is 31.3 Å². The highest BCUT2D eigenvalue weighted by atomic mass is 16.7.